The number of carbonyl (C=O) groups excluding carboxylic acids is 1. The van der Waals surface area contributed by atoms with Crippen LogP contribution in [0, 0.1) is 11.8 Å². The molecule has 1 aliphatic rings. The van der Waals surface area contributed by atoms with Gasteiger partial charge < -0.3 is 20.2 Å². The van der Waals surface area contributed by atoms with Crippen molar-refractivity contribution >= 4 is 22.8 Å². The van der Waals surface area contributed by atoms with E-state index in [2.05, 4.69) is 32.1 Å². The van der Waals surface area contributed by atoms with Crippen LogP contribution in [0.3, 0.4) is 0 Å². The fourth-order valence-corrected chi connectivity index (χ4v) is 2.89. The van der Waals surface area contributed by atoms with Crippen molar-refractivity contribution in [1.29, 1.82) is 0 Å². The maximum Gasteiger partial charge on any atom is 0.314 e. The molecule has 0 saturated carbocycles. The summed E-state index contributed by atoms with van der Waals surface area (Å²) in [5, 5.41) is 2.88. The number of amides is 1. The second kappa shape index (κ2) is 6.58. The summed E-state index contributed by atoms with van der Waals surface area (Å²) in [6, 6.07) is 1.59. The standard InChI is InChI=1S/C16H17N5O3/c1-2-4-12(22)18-10-5-3-8-21(9-10)14-13-11(6-7-17-14)19-15(23)16(24)20-13/h6-7,10H,3,5,8-9H2,1H3,(H,18,22)(H,19,23)(H,20,24)/t10-/m1/s1. The molecule has 0 unspecified atom stereocenters. The molecule has 2 aromatic rings. The van der Waals surface area contributed by atoms with Crippen molar-refractivity contribution in [2.24, 2.45) is 0 Å². The van der Waals surface area contributed by atoms with Crippen molar-refractivity contribution in [3.8, 4) is 11.8 Å². The van der Waals surface area contributed by atoms with Crippen molar-refractivity contribution in [2.75, 3.05) is 18.0 Å². The summed E-state index contributed by atoms with van der Waals surface area (Å²) in [7, 11) is 0. The Morgan fingerprint density at radius 1 is 1.38 bits per heavy atom. The number of rotatable bonds is 2. The Balaban J connectivity index is 1.90. The van der Waals surface area contributed by atoms with E-state index < -0.39 is 11.1 Å². The summed E-state index contributed by atoms with van der Waals surface area (Å²) in [5.41, 5.74) is -0.395. The first-order chi connectivity index (χ1) is 11.6. The van der Waals surface area contributed by atoms with Crippen LogP contribution in [0.4, 0.5) is 5.82 Å². The highest BCUT2D eigenvalue weighted by Gasteiger charge is 2.23. The van der Waals surface area contributed by atoms with Crippen molar-refractivity contribution in [3.63, 3.8) is 0 Å². The van der Waals surface area contributed by atoms with Crippen LogP contribution < -0.4 is 21.3 Å². The number of aromatic amines is 2. The molecule has 0 bridgehead atoms. The second-order valence-electron chi connectivity index (χ2n) is 5.60. The van der Waals surface area contributed by atoms with E-state index in [1.54, 1.807) is 19.2 Å². The number of H-pyrrole nitrogens is 2. The largest absolute Gasteiger partial charge is 0.353 e. The smallest absolute Gasteiger partial charge is 0.314 e. The van der Waals surface area contributed by atoms with Gasteiger partial charge in [0.05, 0.1) is 5.52 Å². The number of fused-ring (bicyclic) bond motifs is 1. The number of piperidine rings is 1. The molecule has 1 saturated heterocycles. The van der Waals surface area contributed by atoms with E-state index in [0.29, 0.717) is 23.4 Å². The van der Waals surface area contributed by atoms with Gasteiger partial charge in [0.1, 0.15) is 5.52 Å². The third kappa shape index (κ3) is 3.15. The van der Waals surface area contributed by atoms with Gasteiger partial charge in [-0.25, -0.2) is 4.98 Å². The van der Waals surface area contributed by atoms with Gasteiger partial charge in [-0.3, -0.25) is 14.4 Å². The predicted molar refractivity (Wildman–Crippen MR) is 89.8 cm³/mol. The normalized spacial score (nSPS) is 17.2. The molecule has 1 amide bonds. The van der Waals surface area contributed by atoms with Gasteiger partial charge in [-0.05, 0) is 31.8 Å². The monoisotopic (exact) mass is 327 g/mol. The molecular weight excluding hydrogens is 310 g/mol. The minimum absolute atomic E-state index is 0.0429. The first kappa shape index (κ1) is 15.8. The maximum absolute atomic E-state index is 11.6. The Morgan fingerprint density at radius 3 is 2.96 bits per heavy atom. The summed E-state index contributed by atoms with van der Waals surface area (Å²) in [6.07, 6.45) is 3.30. The van der Waals surface area contributed by atoms with E-state index in [4.69, 9.17) is 0 Å². The Morgan fingerprint density at radius 2 is 2.17 bits per heavy atom. The van der Waals surface area contributed by atoms with Gasteiger partial charge in [0, 0.05) is 25.3 Å². The lowest BCUT2D eigenvalue weighted by atomic mass is 10.1. The van der Waals surface area contributed by atoms with Crippen LogP contribution in [-0.4, -0.2) is 40.0 Å². The molecular formula is C16H17N5O3. The average Bonchev–Trinajstić information content (AvgIpc) is 2.56. The van der Waals surface area contributed by atoms with E-state index in [0.717, 1.165) is 19.4 Å². The maximum atomic E-state index is 11.6. The fraction of sp³-hybridized carbons (Fsp3) is 0.375. The van der Waals surface area contributed by atoms with Crippen molar-refractivity contribution in [3.05, 3.63) is 33.0 Å². The van der Waals surface area contributed by atoms with E-state index in [9.17, 15) is 14.4 Å². The van der Waals surface area contributed by atoms with Gasteiger partial charge in [-0.15, -0.1) is 0 Å². The van der Waals surface area contributed by atoms with Crippen LogP contribution in [0.2, 0.25) is 0 Å². The van der Waals surface area contributed by atoms with Crippen molar-refractivity contribution < 1.29 is 4.79 Å². The van der Waals surface area contributed by atoms with Gasteiger partial charge in [0.15, 0.2) is 5.82 Å². The minimum atomic E-state index is -0.711. The van der Waals surface area contributed by atoms with Crippen LogP contribution in [0.25, 0.3) is 11.0 Å². The minimum Gasteiger partial charge on any atom is -0.353 e. The number of hydrogen-bond donors (Lipinski definition) is 3. The number of nitrogens with zero attached hydrogens (tertiary/aromatic N) is 2. The molecule has 24 heavy (non-hydrogen) atoms. The molecule has 3 rings (SSSR count). The van der Waals surface area contributed by atoms with Gasteiger partial charge in [-0.2, -0.15) is 0 Å². The molecule has 2 aromatic heterocycles. The molecule has 0 spiro atoms. The van der Waals surface area contributed by atoms with E-state index in [1.165, 1.54) is 0 Å². The lowest BCUT2D eigenvalue weighted by Gasteiger charge is -2.33. The number of hydrogen-bond acceptors (Lipinski definition) is 5. The Kier molecular flexibility index (Phi) is 4.33. The highest BCUT2D eigenvalue weighted by Crippen LogP contribution is 2.23. The fourth-order valence-electron chi connectivity index (χ4n) is 2.89. The molecule has 3 heterocycles. The van der Waals surface area contributed by atoms with Gasteiger partial charge in [0.25, 0.3) is 5.91 Å². The summed E-state index contributed by atoms with van der Waals surface area (Å²) < 4.78 is 0. The van der Waals surface area contributed by atoms with Crippen LogP contribution in [0.15, 0.2) is 21.9 Å². The predicted octanol–water partition coefficient (Wildman–Crippen LogP) is -0.280. The quantitative estimate of drug-likeness (QED) is 0.519. The zero-order valence-electron chi connectivity index (χ0n) is 13.2. The van der Waals surface area contributed by atoms with Crippen molar-refractivity contribution in [2.45, 2.75) is 25.8 Å². The summed E-state index contributed by atoms with van der Waals surface area (Å²) >= 11 is 0. The summed E-state index contributed by atoms with van der Waals surface area (Å²) in [5.74, 6) is 5.33. The lowest BCUT2D eigenvalue weighted by Crippen LogP contribution is -2.48. The first-order valence-corrected chi connectivity index (χ1v) is 7.68. The van der Waals surface area contributed by atoms with Crippen LogP contribution in [-0.2, 0) is 4.79 Å². The first-order valence-electron chi connectivity index (χ1n) is 7.68. The zero-order valence-corrected chi connectivity index (χ0v) is 13.2. The number of nitrogens with one attached hydrogen (secondary N) is 3. The molecule has 124 valence electrons. The average molecular weight is 327 g/mol. The van der Waals surface area contributed by atoms with E-state index in [1.807, 2.05) is 4.90 Å². The van der Waals surface area contributed by atoms with E-state index in [-0.39, 0.29) is 11.9 Å². The van der Waals surface area contributed by atoms with Crippen LogP contribution in [0.1, 0.15) is 19.8 Å². The molecule has 3 N–H and O–H groups in total. The van der Waals surface area contributed by atoms with Crippen LogP contribution in [0.5, 0.6) is 0 Å². The lowest BCUT2D eigenvalue weighted by molar-refractivity contribution is -0.116. The number of pyridine rings is 1. The third-order valence-corrected chi connectivity index (χ3v) is 3.92. The topological polar surface area (TPSA) is 111 Å². The number of anilines is 1. The summed E-state index contributed by atoms with van der Waals surface area (Å²) in [6.45, 7) is 2.92. The Hall–Kier alpha value is -3.08. The molecule has 8 nitrogen and oxygen atoms in total. The van der Waals surface area contributed by atoms with Gasteiger partial charge >= 0.3 is 11.1 Å². The molecule has 1 fully saturated rings. The van der Waals surface area contributed by atoms with Crippen molar-refractivity contribution in [1.82, 2.24) is 20.3 Å². The Labute approximate surface area is 137 Å². The highest BCUT2D eigenvalue weighted by molar-refractivity contribution is 5.93. The highest BCUT2D eigenvalue weighted by atomic mass is 16.2. The van der Waals surface area contributed by atoms with Crippen LogP contribution >= 0.6 is 0 Å². The molecule has 1 aliphatic heterocycles. The van der Waals surface area contributed by atoms with Gasteiger partial charge in [-0.1, -0.05) is 5.92 Å². The Bertz CT molecular complexity index is 950. The molecule has 0 aromatic carbocycles. The molecule has 1 atom stereocenters. The molecule has 0 radical (unpaired) electrons. The second-order valence-corrected chi connectivity index (χ2v) is 5.60. The van der Waals surface area contributed by atoms with E-state index >= 15 is 0 Å². The number of aromatic nitrogens is 3. The molecule has 8 heteroatoms. The zero-order chi connectivity index (χ0) is 17.1. The number of carbonyl (C=O) groups is 1. The van der Waals surface area contributed by atoms with Gasteiger partial charge in [0.2, 0.25) is 0 Å². The molecule has 0 aliphatic carbocycles. The summed E-state index contributed by atoms with van der Waals surface area (Å²) in [4.78, 5) is 46.2. The third-order valence-electron chi connectivity index (χ3n) is 3.92. The SMILES string of the molecule is CC#CC(=O)N[C@@H]1CCCN(c2nccc3[nH]c(=O)c(=O)[nH]c23)C1.